The Balaban J connectivity index is 2.48. The molecule has 1 aromatic carbocycles. The van der Waals surface area contributed by atoms with Gasteiger partial charge in [-0.1, -0.05) is 6.92 Å². The highest BCUT2D eigenvalue weighted by Gasteiger charge is 2.20. The lowest BCUT2D eigenvalue weighted by Gasteiger charge is -2.18. The Kier molecular flexibility index (Phi) is 3.77. The predicted molar refractivity (Wildman–Crippen MR) is 65.3 cm³/mol. The minimum Gasteiger partial charge on any atom is -0.469 e. The number of hydrogen-bond donors (Lipinski definition) is 1. The fourth-order valence-corrected chi connectivity index (χ4v) is 2.02. The first kappa shape index (κ1) is 12.8. The predicted octanol–water partition coefficient (Wildman–Crippen LogP) is 3.57. The third-order valence-electron chi connectivity index (χ3n) is 2.89. The molecule has 1 heterocycles. The maximum absolute atomic E-state index is 13.8. The molecule has 0 spiro atoms. The lowest BCUT2D eigenvalue weighted by Crippen LogP contribution is -2.23. The summed E-state index contributed by atoms with van der Waals surface area (Å²) in [5.41, 5.74) is 1.11. The molecule has 0 saturated carbocycles. The van der Waals surface area contributed by atoms with Gasteiger partial charge in [0.1, 0.15) is 17.4 Å². The van der Waals surface area contributed by atoms with E-state index in [2.05, 4.69) is 5.32 Å². The fourth-order valence-electron chi connectivity index (χ4n) is 2.02. The van der Waals surface area contributed by atoms with E-state index >= 15 is 0 Å². The molecule has 0 amide bonds. The van der Waals surface area contributed by atoms with Crippen LogP contribution in [0.5, 0.6) is 0 Å². The summed E-state index contributed by atoms with van der Waals surface area (Å²) >= 11 is 0. The van der Waals surface area contributed by atoms with Crippen LogP contribution in [0.2, 0.25) is 0 Å². The second-order valence-corrected chi connectivity index (χ2v) is 4.09. The molecule has 2 rings (SSSR count). The lowest BCUT2D eigenvalue weighted by molar-refractivity contribution is 0.510. The number of halogens is 2. The van der Waals surface area contributed by atoms with Crippen molar-refractivity contribution in [2.75, 3.05) is 6.54 Å². The van der Waals surface area contributed by atoms with Crippen LogP contribution in [0.15, 0.2) is 34.9 Å². The topological polar surface area (TPSA) is 25.2 Å². The molecule has 0 bridgehead atoms. The molecule has 2 aromatic rings. The van der Waals surface area contributed by atoms with Gasteiger partial charge in [0.15, 0.2) is 0 Å². The van der Waals surface area contributed by atoms with E-state index in [9.17, 15) is 8.78 Å². The van der Waals surface area contributed by atoms with E-state index in [-0.39, 0.29) is 0 Å². The zero-order valence-electron chi connectivity index (χ0n) is 10.3. The van der Waals surface area contributed by atoms with Crippen LogP contribution in [0.4, 0.5) is 8.78 Å². The van der Waals surface area contributed by atoms with Gasteiger partial charge >= 0.3 is 0 Å². The van der Waals surface area contributed by atoms with Crippen molar-refractivity contribution < 1.29 is 13.2 Å². The van der Waals surface area contributed by atoms with Crippen LogP contribution < -0.4 is 5.32 Å². The summed E-state index contributed by atoms with van der Waals surface area (Å²) in [5.74, 6) is -0.178. The molecule has 1 N–H and O–H groups in total. The average Bonchev–Trinajstić information content (AvgIpc) is 2.76. The van der Waals surface area contributed by atoms with Crippen molar-refractivity contribution in [2.24, 2.45) is 0 Å². The van der Waals surface area contributed by atoms with Crippen LogP contribution >= 0.6 is 0 Å². The van der Waals surface area contributed by atoms with Crippen molar-refractivity contribution in [2.45, 2.75) is 19.9 Å². The summed E-state index contributed by atoms with van der Waals surface area (Å²) in [6.07, 6.45) is 1.55. The average molecular weight is 251 g/mol. The number of rotatable bonds is 4. The summed E-state index contributed by atoms with van der Waals surface area (Å²) in [4.78, 5) is 0. The molecular weight excluding hydrogens is 236 g/mol. The van der Waals surface area contributed by atoms with Gasteiger partial charge < -0.3 is 9.73 Å². The molecule has 0 aliphatic carbocycles. The van der Waals surface area contributed by atoms with Crippen LogP contribution in [0.1, 0.15) is 29.9 Å². The third kappa shape index (κ3) is 2.43. The van der Waals surface area contributed by atoms with E-state index in [0.717, 1.165) is 17.7 Å². The van der Waals surface area contributed by atoms with E-state index in [1.165, 1.54) is 6.07 Å². The highest BCUT2D eigenvalue weighted by atomic mass is 19.1. The van der Waals surface area contributed by atoms with Gasteiger partial charge in [-0.2, -0.15) is 0 Å². The second-order valence-electron chi connectivity index (χ2n) is 4.09. The third-order valence-corrected chi connectivity index (χ3v) is 2.89. The molecular formula is C14H15F2NO. The summed E-state index contributed by atoms with van der Waals surface area (Å²) < 4.78 is 32.3. The standard InChI is InChI=1S/C14H15F2NO/c1-3-17-14(11-6-7-18-9(11)2)12-8-10(15)4-5-13(12)16/h4-8,14,17H,3H2,1-2H3. The first-order valence-electron chi connectivity index (χ1n) is 5.85. The van der Waals surface area contributed by atoms with Gasteiger partial charge in [-0.05, 0) is 37.7 Å². The maximum Gasteiger partial charge on any atom is 0.128 e. The molecule has 2 nitrogen and oxygen atoms in total. The second kappa shape index (κ2) is 5.31. The van der Waals surface area contributed by atoms with E-state index in [4.69, 9.17) is 4.42 Å². The lowest BCUT2D eigenvalue weighted by atomic mass is 9.98. The van der Waals surface area contributed by atoms with Gasteiger partial charge in [0.05, 0.1) is 12.3 Å². The van der Waals surface area contributed by atoms with Crippen molar-refractivity contribution in [1.82, 2.24) is 5.32 Å². The van der Waals surface area contributed by atoms with Crippen LogP contribution in [0, 0.1) is 18.6 Å². The van der Waals surface area contributed by atoms with E-state index in [1.807, 2.05) is 6.92 Å². The largest absolute Gasteiger partial charge is 0.469 e. The maximum atomic E-state index is 13.8. The number of benzene rings is 1. The zero-order valence-corrected chi connectivity index (χ0v) is 10.3. The summed E-state index contributed by atoms with van der Waals surface area (Å²) in [5, 5.41) is 3.14. The Morgan fingerprint density at radius 1 is 1.22 bits per heavy atom. The number of nitrogens with one attached hydrogen (secondary N) is 1. The Labute approximate surface area is 105 Å². The molecule has 0 aliphatic rings. The van der Waals surface area contributed by atoms with Gasteiger partial charge in [0, 0.05) is 11.1 Å². The first-order valence-corrected chi connectivity index (χ1v) is 5.85. The van der Waals surface area contributed by atoms with Crippen LogP contribution in [0.25, 0.3) is 0 Å². The first-order chi connectivity index (χ1) is 8.63. The molecule has 1 unspecified atom stereocenters. The Morgan fingerprint density at radius 3 is 2.61 bits per heavy atom. The van der Waals surface area contributed by atoms with Gasteiger partial charge in [-0.15, -0.1) is 0 Å². The highest BCUT2D eigenvalue weighted by Crippen LogP contribution is 2.28. The quantitative estimate of drug-likeness (QED) is 0.898. The van der Waals surface area contributed by atoms with Crippen molar-refractivity contribution in [3.8, 4) is 0 Å². The number of hydrogen-bond acceptors (Lipinski definition) is 2. The van der Waals surface area contributed by atoms with Gasteiger partial charge in [0.2, 0.25) is 0 Å². The monoisotopic (exact) mass is 251 g/mol. The molecule has 0 saturated heterocycles. The van der Waals surface area contributed by atoms with Crippen LogP contribution in [0.3, 0.4) is 0 Å². The summed E-state index contributed by atoms with van der Waals surface area (Å²) in [6.45, 7) is 4.36. The molecule has 1 atom stereocenters. The van der Waals surface area contributed by atoms with E-state index in [0.29, 0.717) is 17.9 Å². The highest BCUT2D eigenvalue weighted by molar-refractivity contribution is 5.34. The smallest absolute Gasteiger partial charge is 0.128 e. The van der Waals surface area contributed by atoms with Gasteiger partial charge in [-0.3, -0.25) is 0 Å². The minimum atomic E-state index is -0.449. The van der Waals surface area contributed by atoms with Crippen LogP contribution in [-0.4, -0.2) is 6.54 Å². The Hall–Kier alpha value is -1.68. The molecule has 0 aliphatic heterocycles. The number of furan rings is 1. The molecule has 1 aromatic heterocycles. The van der Waals surface area contributed by atoms with E-state index < -0.39 is 17.7 Å². The zero-order chi connectivity index (χ0) is 13.1. The Morgan fingerprint density at radius 2 is 2.00 bits per heavy atom. The van der Waals surface area contributed by atoms with Crippen LogP contribution in [-0.2, 0) is 0 Å². The van der Waals surface area contributed by atoms with Crippen molar-refractivity contribution in [3.63, 3.8) is 0 Å². The minimum absolute atomic E-state index is 0.293. The van der Waals surface area contributed by atoms with Gasteiger partial charge in [-0.25, -0.2) is 8.78 Å². The van der Waals surface area contributed by atoms with Crippen molar-refractivity contribution in [3.05, 3.63) is 59.1 Å². The van der Waals surface area contributed by atoms with Crippen molar-refractivity contribution in [1.29, 1.82) is 0 Å². The van der Waals surface area contributed by atoms with E-state index in [1.54, 1.807) is 19.3 Å². The summed E-state index contributed by atoms with van der Waals surface area (Å²) in [7, 11) is 0. The van der Waals surface area contributed by atoms with Crippen molar-refractivity contribution >= 4 is 0 Å². The molecule has 0 fully saturated rings. The molecule has 0 radical (unpaired) electrons. The molecule has 96 valence electrons. The normalized spacial score (nSPS) is 12.7. The number of aryl methyl sites for hydroxylation is 1. The Bertz CT molecular complexity index is 536. The molecule has 4 heteroatoms. The fraction of sp³-hybridized carbons (Fsp3) is 0.286. The van der Waals surface area contributed by atoms with Gasteiger partial charge in [0.25, 0.3) is 0 Å². The molecule has 18 heavy (non-hydrogen) atoms. The summed E-state index contributed by atoms with van der Waals surface area (Å²) in [6, 6.07) is 4.85. The SMILES string of the molecule is CCNC(c1cc(F)ccc1F)c1ccoc1C.